The van der Waals surface area contributed by atoms with E-state index in [1.165, 1.54) is 6.07 Å². The van der Waals surface area contributed by atoms with Gasteiger partial charge in [0.25, 0.3) is 0 Å². The zero-order valence-corrected chi connectivity index (χ0v) is 8.38. The van der Waals surface area contributed by atoms with Crippen molar-refractivity contribution in [3.8, 4) is 0 Å². The summed E-state index contributed by atoms with van der Waals surface area (Å²) in [4.78, 5) is 0. The van der Waals surface area contributed by atoms with Crippen molar-refractivity contribution < 1.29 is 13.2 Å². The van der Waals surface area contributed by atoms with Crippen molar-refractivity contribution in [2.45, 2.75) is 12.7 Å². The van der Waals surface area contributed by atoms with Gasteiger partial charge in [-0.25, -0.2) is 0 Å². The van der Waals surface area contributed by atoms with Crippen LogP contribution in [-0.4, -0.2) is 0 Å². The van der Waals surface area contributed by atoms with E-state index < -0.39 is 11.7 Å². The third-order valence-electron chi connectivity index (χ3n) is 2.47. The van der Waals surface area contributed by atoms with Crippen LogP contribution >= 0.6 is 0 Å². The van der Waals surface area contributed by atoms with Gasteiger partial charge >= 0.3 is 6.18 Å². The highest BCUT2D eigenvalue weighted by Crippen LogP contribution is 2.31. The lowest BCUT2D eigenvalue weighted by Crippen LogP contribution is -2.04. The molecule has 0 spiro atoms. The molecular weight excluding hydrogens is 215 g/mol. The highest BCUT2D eigenvalue weighted by Gasteiger charge is 2.30. The number of fused-ring (bicyclic) bond motifs is 1. The molecule has 0 aliphatic carbocycles. The van der Waals surface area contributed by atoms with Crippen molar-refractivity contribution in [2.24, 2.45) is 5.73 Å². The monoisotopic (exact) mass is 225 g/mol. The van der Waals surface area contributed by atoms with Gasteiger partial charge in [-0.1, -0.05) is 18.2 Å². The molecule has 2 aromatic rings. The second kappa shape index (κ2) is 3.79. The van der Waals surface area contributed by atoms with E-state index in [-0.39, 0.29) is 0 Å². The van der Waals surface area contributed by atoms with E-state index in [0.29, 0.717) is 11.9 Å². The topological polar surface area (TPSA) is 26.0 Å². The van der Waals surface area contributed by atoms with E-state index in [1.54, 1.807) is 18.2 Å². The van der Waals surface area contributed by atoms with Crippen LogP contribution in [0.15, 0.2) is 36.4 Å². The molecule has 16 heavy (non-hydrogen) atoms. The first-order valence-electron chi connectivity index (χ1n) is 4.80. The molecule has 0 aliphatic heterocycles. The third kappa shape index (κ3) is 2.02. The molecule has 0 saturated carbocycles. The number of nitrogens with two attached hydrogens (primary N) is 1. The highest BCUT2D eigenvalue weighted by molar-refractivity contribution is 5.83. The van der Waals surface area contributed by atoms with Gasteiger partial charge in [-0.3, -0.25) is 0 Å². The second-order valence-corrected chi connectivity index (χ2v) is 3.60. The Hall–Kier alpha value is -1.55. The average molecular weight is 225 g/mol. The number of halogens is 3. The van der Waals surface area contributed by atoms with Gasteiger partial charge in [0.2, 0.25) is 0 Å². The normalized spacial score (nSPS) is 12.0. The molecule has 0 atom stereocenters. The van der Waals surface area contributed by atoms with E-state index in [9.17, 15) is 13.2 Å². The molecule has 0 amide bonds. The number of rotatable bonds is 1. The van der Waals surface area contributed by atoms with Gasteiger partial charge in [0.05, 0.1) is 5.56 Å². The van der Waals surface area contributed by atoms with Crippen LogP contribution in [0.25, 0.3) is 10.8 Å². The van der Waals surface area contributed by atoms with Gasteiger partial charge in [-0.2, -0.15) is 13.2 Å². The Morgan fingerprint density at radius 3 is 2.19 bits per heavy atom. The van der Waals surface area contributed by atoms with Crippen LogP contribution in [0.2, 0.25) is 0 Å². The Bertz CT molecular complexity index is 517. The summed E-state index contributed by atoms with van der Waals surface area (Å²) in [6, 6.07) is 8.90. The number of hydrogen-bond acceptors (Lipinski definition) is 1. The maximum Gasteiger partial charge on any atom is 0.416 e. The third-order valence-corrected chi connectivity index (χ3v) is 2.47. The lowest BCUT2D eigenvalue weighted by molar-refractivity contribution is -0.137. The maximum atomic E-state index is 12.4. The number of benzene rings is 2. The molecule has 0 unspecified atom stereocenters. The zero-order chi connectivity index (χ0) is 11.8. The summed E-state index contributed by atoms with van der Waals surface area (Å²) in [5.74, 6) is 0. The van der Waals surface area contributed by atoms with Crippen LogP contribution < -0.4 is 5.73 Å². The average Bonchev–Trinajstić information content (AvgIpc) is 2.26. The first-order valence-corrected chi connectivity index (χ1v) is 4.80. The van der Waals surface area contributed by atoms with Crippen LogP contribution in [0, 0.1) is 0 Å². The summed E-state index contributed by atoms with van der Waals surface area (Å²) >= 11 is 0. The predicted molar refractivity (Wildman–Crippen MR) is 56.8 cm³/mol. The molecule has 0 saturated heterocycles. The number of alkyl halides is 3. The summed E-state index contributed by atoms with van der Waals surface area (Å²) in [6.07, 6.45) is -4.29. The molecule has 0 aromatic heterocycles. The highest BCUT2D eigenvalue weighted by atomic mass is 19.4. The SMILES string of the molecule is NCc1ccc2cc(C(F)(F)F)ccc2c1. The Morgan fingerprint density at radius 2 is 1.56 bits per heavy atom. The minimum atomic E-state index is -4.29. The fraction of sp³-hybridized carbons (Fsp3) is 0.167. The van der Waals surface area contributed by atoms with Gasteiger partial charge in [0.1, 0.15) is 0 Å². The summed E-state index contributed by atoms with van der Waals surface area (Å²) < 4.78 is 37.3. The van der Waals surface area contributed by atoms with E-state index >= 15 is 0 Å². The fourth-order valence-electron chi connectivity index (χ4n) is 1.60. The van der Waals surface area contributed by atoms with Gasteiger partial charge in [-0.05, 0) is 34.5 Å². The van der Waals surface area contributed by atoms with Gasteiger partial charge < -0.3 is 5.73 Å². The molecule has 0 fully saturated rings. The first kappa shape index (κ1) is 11.0. The minimum Gasteiger partial charge on any atom is -0.326 e. The van der Waals surface area contributed by atoms with Crippen molar-refractivity contribution in [2.75, 3.05) is 0 Å². The number of hydrogen-bond donors (Lipinski definition) is 1. The summed E-state index contributed by atoms with van der Waals surface area (Å²) in [7, 11) is 0. The molecule has 0 aliphatic rings. The molecule has 0 radical (unpaired) electrons. The zero-order valence-electron chi connectivity index (χ0n) is 8.38. The van der Waals surface area contributed by atoms with Crippen LogP contribution in [0.5, 0.6) is 0 Å². The van der Waals surface area contributed by atoms with E-state index in [0.717, 1.165) is 23.1 Å². The van der Waals surface area contributed by atoms with Crippen molar-refractivity contribution in [1.29, 1.82) is 0 Å². The van der Waals surface area contributed by atoms with Gasteiger partial charge in [0, 0.05) is 6.54 Å². The van der Waals surface area contributed by atoms with Crippen LogP contribution in [0.1, 0.15) is 11.1 Å². The van der Waals surface area contributed by atoms with E-state index in [4.69, 9.17) is 5.73 Å². The summed E-state index contributed by atoms with van der Waals surface area (Å²) in [6.45, 7) is 0.386. The van der Waals surface area contributed by atoms with E-state index in [2.05, 4.69) is 0 Å². The Balaban J connectivity index is 2.56. The standard InChI is InChI=1S/C12H10F3N/c13-12(14,15)11-4-3-9-5-8(7-16)1-2-10(9)6-11/h1-6H,7,16H2. The Morgan fingerprint density at radius 1 is 0.938 bits per heavy atom. The molecule has 2 rings (SSSR count). The van der Waals surface area contributed by atoms with Gasteiger partial charge in [0.15, 0.2) is 0 Å². The summed E-state index contributed by atoms with van der Waals surface area (Å²) in [5, 5.41) is 1.35. The predicted octanol–water partition coefficient (Wildman–Crippen LogP) is 3.32. The molecule has 0 bridgehead atoms. The van der Waals surface area contributed by atoms with Crippen LogP contribution in [-0.2, 0) is 12.7 Å². The lowest BCUT2D eigenvalue weighted by Gasteiger charge is -2.08. The molecule has 4 heteroatoms. The van der Waals surface area contributed by atoms with Crippen LogP contribution in [0.3, 0.4) is 0 Å². The lowest BCUT2D eigenvalue weighted by atomic mass is 10.0. The molecule has 2 aromatic carbocycles. The van der Waals surface area contributed by atoms with Crippen LogP contribution in [0.4, 0.5) is 13.2 Å². The van der Waals surface area contributed by atoms with Crippen molar-refractivity contribution in [3.05, 3.63) is 47.5 Å². The Kier molecular flexibility index (Phi) is 2.59. The molecule has 2 N–H and O–H groups in total. The maximum absolute atomic E-state index is 12.4. The molecule has 84 valence electrons. The quantitative estimate of drug-likeness (QED) is 0.791. The summed E-state index contributed by atoms with van der Waals surface area (Å²) in [5.41, 5.74) is 5.74. The van der Waals surface area contributed by atoms with Gasteiger partial charge in [-0.15, -0.1) is 0 Å². The Labute approximate surface area is 90.7 Å². The molecule has 1 nitrogen and oxygen atoms in total. The van der Waals surface area contributed by atoms with Crippen molar-refractivity contribution >= 4 is 10.8 Å². The molecular formula is C12H10F3N. The largest absolute Gasteiger partial charge is 0.416 e. The van der Waals surface area contributed by atoms with Crippen molar-refractivity contribution in [3.63, 3.8) is 0 Å². The fourth-order valence-corrected chi connectivity index (χ4v) is 1.60. The first-order chi connectivity index (χ1) is 7.50. The smallest absolute Gasteiger partial charge is 0.326 e. The second-order valence-electron chi connectivity index (χ2n) is 3.60. The molecule has 0 heterocycles. The van der Waals surface area contributed by atoms with Crippen molar-refractivity contribution in [1.82, 2.24) is 0 Å². The van der Waals surface area contributed by atoms with E-state index in [1.807, 2.05) is 0 Å². The minimum absolute atomic E-state index is 0.386.